The van der Waals surface area contributed by atoms with Gasteiger partial charge in [-0.25, -0.2) is 0 Å². The Balaban J connectivity index is 2.16. The maximum Gasteiger partial charge on any atom is 0.303 e. The van der Waals surface area contributed by atoms with Crippen molar-refractivity contribution < 1.29 is 20.1 Å². The number of carboxylic acid groups (broad SMARTS) is 1. The molecular formula is C19H30O4. The maximum absolute atomic E-state index is 10.4. The van der Waals surface area contributed by atoms with Crippen LogP contribution in [0.25, 0.3) is 0 Å². The molecule has 2 unspecified atom stereocenters. The van der Waals surface area contributed by atoms with Crippen molar-refractivity contribution in [3.05, 3.63) is 36.5 Å². The zero-order valence-corrected chi connectivity index (χ0v) is 13.8. The largest absolute Gasteiger partial charge is 0.481 e. The first-order valence-corrected chi connectivity index (χ1v) is 8.67. The topological polar surface area (TPSA) is 77.8 Å². The molecule has 0 aromatic carbocycles. The van der Waals surface area contributed by atoms with Crippen LogP contribution in [0.2, 0.25) is 0 Å². The zero-order valence-electron chi connectivity index (χ0n) is 13.8. The highest BCUT2D eigenvalue weighted by molar-refractivity contribution is 5.66. The van der Waals surface area contributed by atoms with Crippen LogP contribution in [0.1, 0.15) is 57.8 Å². The molecule has 130 valence electrons. The molecular weight excluding hydrogens is 292 g/mol. The number of aliphatic carboxylic acids is 1. The average Bonchev–Trinajstić information content (AvgIpc) is 2.54. The lowest BCUT2D eigenvalue weighted by Gasteiger charge is -2.19. The summed E-state index contributed by atoms with van der Waals surface area (Å²) in [6, 6.07) is 0. The molecule has 1 saturated carbocycles. The van der Waals surface area contributed by atoms with Crippen LogP contribution in [0.3, 0.4) is 0 Å². The van der Waals surface area contributed by atoms with E-state index in [0.29, 0.717) is 6.42 Å². The van der Waals surface area contributed by atoms with E-state index in [1.165, 1.54) is 38.2 Å². The van der Waals surface area contributed by atoms with Gasteiger partial charge in [0.25, 0.3) is 0 Å². The van der Waals surface area contributed by atoms with Gasteiger partial charge in [0.05, 0.1) is 12.2 Å². The molecule has 0 spiro atoms. The molecule has 0 heterocycles. The Bertz CT molecular complexity index is 406. The van der Waals surface area contributed by atoms with Crippen LogP contribution in [-0.2, 0) is 4.79 Å². The summed E-state index contributed by atoms with van der Waals surface area (Å²) in [6.45, 7) is 0. The summed E-state index contributed by atoms with van der Waals surface area (Å²) in [5.74, 6) is -0.0445. The van der Waals surface area contributed by atoms with E-state index in [1.807, 2.05) is 18.2 Å². The van der Waals surface area contributed by atoms with Gasteiger partial charge in [-0.05, 0) is 25.2 Å². The molecule has 0 aromatic rings. The van der Waals surface area contributed by atoms with Crippen molar-refractivity contribution in [3.63, 3.8) is 0 Å². The number of allylic oxidation sites excluding steroid dienone is 5. The van der Waals surface area contributed by atoms with Crippen molar-refractivity contribution in [2.24, 2.45) is 5.92 Å². The van der Waals surface area contributed by atoms with E-state index >= 15 is 0 Å². The number of hydrogen-bond acceptors (Lipinski definition) is 3. The summed E-state index contributed by atoms with van der Waals surface area (Å²) in [6.07, 6.45) is 17.9. The van der Waals surface area contributed by atoms with E-state index < -0.39 is 18.2 Å². The molecule has 1 fully saturated rings. The molecule has 1 aliphatic rings. The van der Waals surface area contributed by atoms with Crippen LogP contribution >= 0.6 is 0 Å². The highest BCUT2D eigenvalue weighted by Gasteiger charge is 2.13. The van der Waals surface area contributed by atoms with Crippen LogP contribution in [0.5, 0.6) is 0 Å². The molecule has 1 rings (SSSR count). The molecule has 3 N–H and O–H groups in total. The minimum Gasteiger partial charge on any atom is -0.481 e. The second-order valence-electron chi connectivity index (χ2n) is 6.28. The average molecular weight is 322 g/mol. The van der Waals surface area contributed by atoms with Crippen molar-refractivity contribution in [1.29, 1.82) is 0 Å². The predicted octanol–water partition coefficient (Wildman–Crippen LogP) is 3.60. The van der Waals surface area contributed by atoms with Crippen LogP contribution in [0.4, 0.5) is 0 Å². The number of hydrogen-bond donors (Lipinski definition) is 3. The van der Waals surface area contributed by atoms with E-state index in [9.17, 15) is 15.0 Å². The van der Waals surface area contributed by atoms with E-state index in [0.717, 1.165) is 12.3 Å². The minimum absolute atomic E-state index is 0.0131. The van der Waals surface area contributed by atoms with E-state index in [2.05, 4.69) is 6.08 Å². The zero-order chi connectivity index (χ0) is 16.9. The van der Waals surface area contributed by atoms with Gasteiger partial charge in [0.2, 0.25) is 0 Å². The van der Waals surface area contributed by atoms with Gasteiger partial charge in [-0.2, -0.15) is 0 Å². The lowest BCUT2D eigenvalue weighted by molar-refractivity contribution is -0.137. The maximum atomic E-state index is 10.4. The molecule has 0 bridgehead atoms. The van der Waals surface area contributed by atoms with Gasteiger partial charge < -0.3 is 15.3 Å². The SMILES string of the molecule is O=C(O)CCCC(O)C(O)/C=C/C=C\C=C\CC1CCCCC1. The van der Waals surface area contributed by atoms with Gasteiger partial charge in [-0.1, -0.05) is 68.6 Å². The standard InChI is InChI=1S/C19H30O4/c20-17(18(21)14-9-15-19(22)23)13-8-3-1-2-5-10-16-11-6-4-7-12-16/h1-3,5,8,13,16-18,20-21H,4,6-7,9-12,14-15H2,(H,22,23)/b3-1-,5-2+,13-8+. The normalized spacial score (nSPS) is 19.7. The monoisotopic (exact) mass is 322 g/mol. The molecule has 0 radical (unpaired) electrons. The molecule has 23 heavy (non-hydrogen) atoms. The minimum atomic E-state index is -0.959. The molecule has 0 aliphatic heterocycles. The van der Waals surface area contributed by atoms with Gasteiger partial charge in [0.1, 0.15) is 0 Å². The van der Waals surface area contributed by atoms with Crippen LogP contribution in [0, 0.1) is 5.92 Å². The fourth-order valence-corrected chi connectivity index (χ4v) is 2.84. The Kier molecular flexibility index (Phi) is 10.3. The van der Waals surface area contributed by atoms with Crippen molar-refractivity contribution in [1.82, 2.24) is 0 Å². The highest BCUT2D eigenvalue weighted by Crippen LogP contribution is 2.26. The summed E-state index contributed by atoms with van der Waals surface area (Å²) in [5.41, 5.74) is 0. The van der Waals surface area contributed by atoms with Gasteiger partial charge in [-0.15, -0.1) is 0 Å². The van der Waals surface area contributed by atoms with E-state index in [1.54, 1.807) is 6.08 Å². The second-order valence-corrected chi connectivity index (χ2v) is 6.28. The Morgan fingerprint density at radius 2 is 1.74 bits per heavy atom. The third-order valence-electron chi connectivity index (χ3n) is 4.26. The molecule has 4 nitrogen and oxygen atoms in total. The van der Waals surface area contributed by atoms with Gasteiger partial charge in [0, 0.05) is 6.42 Å². The summed E-state index contributed by atoms with van der Waals surface area (Å²) in [7, 11) is 0. The van der Waals surface area contributed by atoms with Crippen LogP contribution < -0.4 is 0 Å². The van der Waals surface area contributed by atoms with Crippen molar-refractivity contribution in [3.8, 4) is 0 Å². The summed E-state index contributed by atoms with van der Waals surface area (Å²) >= 11 is 0. The molecule has 0 amide bonds. The molecule has 4 heteroatoms. The lowest BCUT2D eigenvalue weighted by atomic mass is 9.87. The fraction of sp³-hybridized carbons (Fsp3) is 0.632. The number of carboxylic acids is 1. The fourth-order valence-electron chi connectivity index (χ4n) is 2.84. The Morgan fingerprint density at radius 1 is 1.04 bits per heavy atom. The molecule has 0 saturated heterocycles. The van der Waals surface area contributed by atoms with Gasteiger partial charge in [-0.3, -0.25) is 4.79 Å². The van der Waals surface area contributed by atoms with Gasteiger partial charge in [0.15, 0.2) is 0 Å². The summed E-state index contributed by atoms with van der Waals surface area (Å²) in [5, 5.41) is 27.9. The number of rotatable bonds is 10. The van der Waals surface area contributed by atoms with Crippen LogP contribution in [0.15, 0.2) is 36.5 Å². The first kappa shape index (κ1) is 19.7. The number of aliphatic hydroxyl groups is 2. The van der Waals surface area contributed by atoms with Crippen molar-refractivity contribution in [2.75, 3.05) is 0 Å². The summed E-state index contributed by atoms with van der Waals surface area (Å²) < 4.78 is 0. The van der Waals surface area contributed by atoms with E-state index in [4.69, 9.17) is 5.11 Å². The Labute approximate surface area is 139 Å². The molecule has 2 atom stereocenters. The molecule has 0 aromatic heterocycles. The van der Waals surface area contributed by atoms with Crippen molar-refractivity contribution >= 4 is 5.97 Å². The van der Waals surface area contributed by atoms with Crippen LogP contribution in [-0.4, -0.2) is 33.5 Å². The predicted molar refractivity (Wildman–Crippen MR) is 92.1 cm³/mol. The number of aliphatic hydroxyl groups excluding tert-OH is 2. The lowest BCUT2D eigenvalue weighted by Crippen LogP contribution is -2.23. The quantitative estimate of drug-likeness (QED) is 0.537. The Hall–Kier alpha value is -1.39. The first-order chi connectivity index (χ1) is 11.1. The number of carbonyl (C=O) groups is 1. The Morgan fingerprint density at radius 3 is 2.43 bits per heavy atom. The second kappa shape index (κ2) is 12.1. The van der Waals surface area contributed by atoms with E-state index in [-0.39, 0.29) is 12.8 Å². The smallest absolute Gasteiger partial charge is 0.303 e. The first-order valence-electron chi connectivity index (χ1n) is 8.67. The third kappa shape index (κ3) is 10.1. The summed E-state index contributed by atoms with van der Waals surface area (Å²) in [4.78, 5) is 10.4. The highest BCUT2D eigenvalue weighted by atomic mass is 16.4. The van der Waals surface area contributed by atoms with Crippen molar-refractivity contribution in [2.45, 2.75) is 70.0 Å². The third-order valence-corrected chi connectivity index (χ3v) is 4.26. The van der Waals surface area contributed by atoms with Gasteiger partial charge >= 0.3 is 5.97 Å². The molecule has 1 aliphatic carbocycles.